The minimum atomic E-state index is -2.42. The zero-order chi connectivity index (χ0) is 56.1. The molecule has 1 rings (SSSR count). The van der Waals surface area contributed by atoms with E-state index in [1.54, 1.807) is 27.0 Å². The lowest BCUT2D eigenvalue weighted by atomic mass is 9.81. The second-order valence-electron chi connectivity index (χ2n) is 25.9. The number of benzene rings is 1. The maximum absolute atomic E-state index is 14.0. The Morgan fingerprint density at radius 2 is 1.14 bits per heavy atom. The van der Waals surface area contributed by atoms with Gasteiger partial charge in [0, 0.05) is 31.2 Å². The van der Waals surface area contributed by atoms with Gasteiger partial charge in [-0.05, 0) is 91.1 Å². The zero-order valence-corrected chi connectivity index (χ0v) is 53.0. The molecule has 3 N–H and O–H groups in total. The first kappa shape index (κ1) is 67.5. The van der Waals surface area contributed by atoms with Gasteiger partial charge in [0.25, 0.3) is 5.91 Å². The summed E-state index contributed by atoms with van der Waals surface area (Å²) >= 11 is 0. The van der Waals surface area contributed by atoms with Gasteiger partial charge in [-0.25, -0.2) is 9.86 Å². The quantitative estimate of drug-likeness (QED) is 0.0450. The van der Waals surface area contributed by atoms with Gasteiger partial charge in [-0.1, -0.05) is 165 Å². The first-order valence-electron chi connectivity index (χ1n) is 26.6. The molecule has 0 aliphatic carbocycles. The number of allylic oxidation sites excluding steroid dienone is 1. The van der Waals surface area contributed by atoms with E-state index >= 15 is 0 Å². The Balaban J connectivity index is 3.59. The molecule has 1 aromatic rings. The normalized spacial score (nSPS) is 18.8. The molecular formula is C57H106N2O10Si3. The van der Waals surface area contributed by atoms with Crippen molar-refractivity contribution >= 4 is 42.7 Å². The van der Waals surface area contributed by atoms with Crippen LogP contribution in [0, 0.1) is 41.4 Å². The molecule has 0 aliphatic heterocycles. The van der Waals surface area contributed by atoms with Gasteiger partial charge in [-0.3, -0.25) is 14.4 Å². The summed E-state index contributed by atoms with van der Waals surface area (Å²) in [4.78, 5) is 45.1. The fourth-order valence-corrected chi connectivity index (χ4v) is 12.9. The number of amides is 2. The van der Waals surface area contributed by atoms with E-state index < -0.39 is 61.2 Å². The minimum Gasteiger partial charge on any atom is -0.446 e. The SMILES string of the molecule is CON(C)C(=O)C(C)C(O[Si](C)(C)C(C)(C)C)C(C)C(=O)CC(O)C=CC(C)C(O[Si](C)(C)C(C)(C)C)C(C)C=C(C)CC(C)C(O[Si](C)(C)C(C)(C)C)C(C)C(OC(N)=O)C(C)COCc1ccccc1. The highest BCUT2D eigenvalue weighted by Gasteiger charge is 2.47. The molecule has 0 radical (unpaired) electrons. The molecule has 15 heteroatoms. The minimum absolute atomic E-state index is 0.0211. The summed E-state index contributed by atoms with van der Waals surface area (Å²) in [6.45, 7) is 50.4. The van der Waals surface area contributed by atoms with Gasteiger partial charge in [-0.2, -0.15) is 0 Å². The van der Waals surface area contributed by atoms with Gasteiger partial charge >= 0.3 is 6.09 Å². The van der Waals surface area contributed by atoms with E-state index in [2.05, 4.69) is 142 Å². The maximum atomic E-state index is 14.0. The topological polar surface area (TPSA) is 156 Å². The molecule has 0 spiro atoms. The monoisotopic (exact) mass is 1060 g/mol. The van der Waals surface area contributed by atoms with Gasteiger partial charge in [0.1, 0.15) is 11.9 Å². The molecule has 0 aromatic heterocycles. The Labute approximate surface area is 442 Å². The van der Waals surface area contributed by atoms with Gasteiger partial charge in [0.2, 0.25) is 0 Å². The number of rotatable bonds is 29. The van der Waals surface area contributed by atoms with Crippen LogP contribution < -0.4 is 5.73 Å². The van der Waals surface area contributed by atoms with E-state index in [1.807, 2.05) is 43.3 Å². The van der Waals surface area contributed by atoms with Crippen LogP contribution in [0.25, 0.3) is 0 Å². The Morgan fingerprint density at radius 1 is 0.667 bits per heavy atom. The highest BCUT2D eigenvalue weighted by atomic mass is 28.4. The van der Waals surface area contributed by atoms with E-state index in [4.69, 9.17) is 33.3 Å². The second-order valence-corrected chi connectivity index (χ2v) is 40.2. The number of carbonyl (C=O) groups is 3. The number of hydrogen-bond donors (Lipinski definition) is 2. The first-order chi connectivity index (χ1) is 32.6. The molecule has 2 amide bonds. The lowest BCUT2D eigenvalue weighted by molar-refractivity contribution is -0.177. The van der Waals surface area contributed by atoms with Crippen LogP contribution in [-0.4, -0.2) is 104 Å². The average Bonchev–Trinajstić information content (AvgIpc) is 3.25. The van der Waals surface area contributed by atoms with Crippen LogP contribution in [0.15, 0.2) is 54.1 Å². The number of hydrogen-bond acceptors (Lipinski definition) is 10. The van der Waals surface area contributed by atoms with E-state index in [1.165, 1.54) is 17.7 Å². The highest BCUT2D eigenvalue weighted by molar-refractivity contribution is 6.75. The number of Topliss-reactive ketones (excluding diaryl/α,β-unsaturated/α-hetero) is 1. The van der Waals surface area contributed by atoms with Crippen molar-refractivity contribution in [2.45, 2.75) is 222 Å². The van der Waals surface area contributed by atoms with Crippen molar-refractivity contribution in [1.82, 2.24) is 5.06 Å². The largest absolute Gasteiger partial charge is 0.446 e. The molecule has 1 aromatic carbocycles. The number of aliphatic hydroxyl groups is 1. The van der Waals surface area contributed by atoms with Crippen molar-refractivity contribution in [1.29, 1.82) is 0 Å². The van der Waals surface area contributed by atoms with E-state index in [0.29, 0.717) is 13.2 Å². The number of nitrogens with two attached hydrogens (primary N) is 1. The number of hydroxylamine groups is 2. The molecule has 0 saturated heterocycles. The third-order valence-electron chi connectivity index (χ3n) is 16.4. The van der Waals surface area contributed by atoms with E-state index in [0.717, 1.165) is 12.0 Å². The Hall–Kier alpha value is -2.48. The average molecular weight is 1060 g/mol. The molecule has 12 unspecified atom stereocenters. The van der Waals surface area contributed by atoms with Gasteiger partial charge < -0.3 is 33.6 Å². The Morgan fingerprint density at radius 3 is 1.60 bits per heavy atom. The summed E-state index contributed by atoms with van der Waals surface area (Å²) in [5, 5.41) is 12.4. The number of primary amides is 1. The molecule has 12 nitrogen and oxygen atoms in total. The fraction of sp³-hybridized carbons (Fsp3) is 0.772. The van der Waals surface area contributed by atoms with Crippen LogP contribution >= 0.6 is 0 Å². The van der Waals surface area contributed by atoms with Crippen LogP contribution in [0.1, 0.15) is 136 Å². The van der Waals surface area contributed by atoms with Crippen LogP contribution in [0.5, 0.6) is 0 Å². The van der Waals surface area contributed by atoms with Crippen LogP contribution in [-0.2, 0) is 43.8 Å². The molecular weight excluding hydrogens is 957 g/mol. The standard InChI is InChI=1S/C57H106N2O10Si3/c1-38(34-41(4)51(68-71(22,23)56(12,13)14)44(7)50(66-54(58)63)42(5)36-65-37-46-29-27-26-28-30-46)33-40(3)49(67-70(20,21)55(9,10)11)39(2)31-32-47(60)35-48(61)43(6)52(45(8)53(62)59(18)64-19)69-72(24,25)57(15,16)17/h26-33,39-45,47,49-52,60H,34-37H2,1-25H3,(H2,58,63). The summed E-state index contributed by atoms with van der Waals surface area (Å²) < 4.78 is 33.5. The van der Waals surface area contributed by atoms with Gasteiger partial charge in [-0.15, -0.1) is 0 Å². The van der Waals surface area contributed by atoms with Crippen LogP contribution in [0.3, 0.4) is 0 Å². The summed E-state index contributed by atoms with van der Waals surface area (Å²) in [5.41, 5.74) is 8.02. The lowest BCUT2D eigenvalue weighted by Gasteiger charge is -2.45. The van der Waals surface area contributed by atoms with Crippen molar-refractivity contribution in [3.8, 4) is 0 Å². The summed E-state index contributed by atoms with van der Waals surface area (Å²) in [5.74, 6) is -2.25. The van der Waals surface area contributed by atoms with Gasteiger partial charge in [0.15, 0.2) is 25.0 Å². The summed E-state index contributed by atoms with van der Waals surface area (Å²) in [6, 6.07) is 10.0. The lowest BCUT2D eigenvalue weighted by Crippen LogP contribution is -2.51. The molecule has 0 saturated carbocycles. The Kier molecular flexibility index (Phi) is 26.3. The van der Waals surface area contributed by atoms with Crippen molar-refractivity contribution < 1.29 is 47.1 Å². The third kappa shape index (κ3) is 20.6. The fourth-order valence-electron chi connectivity index (χ4n) is 8.53. The molecule has 0 heterocycles. The van der Waals surface area contributed by atoms with Crippen molar-refractivity contribution in [3.63, 3.8) is 0 Å². The van der Waals surface area contributed by atoms with Gasteiger partial charge in [0.05, 0.1) is 50.7 Å². The smallest absolute Gasteiger partial charge is 0.404 e. The number of carbonyl (C=O) groups excluding carboxylic acids is 3. The first-order valence-corrected chi connectivity index (χ1v) is 35.3. The number of ketones is 1. The number of ether oxygens (including phenoxy) is 2. The molecule has 0 bridgehead atoms. The van der Waals surface area contributed by atoms with E-state index in [9.17, 15) is 19.5 Å². The van der Waals surface area contributed by atoms with E-state index in [-0.39, 0.29) is 75.0 Å². The summed E-state index contributed by atoms with van der Waals surface area (Å²) in [7, 11) is -4.06. The van der Waals surface area contributed by atoms with Crippen molar-refractivity contribution in [3.05, 3.63) is 59.7 Å². The van der Waals surface area contributed by atoms with Crippen molar-refractivity contribution in [2.24, 2.45) is 47.2 Å². The maximum Gasteiger partial charge on any atom is 0.404 e. The third-order valence-corrected chi connectivity index (χ3v) is 29.8. The molecule has 72 heavy (non-hydrogen) atoms. The predicted molar refractivity (Wildman–Crippen MR) is 304 cm³/mol. The molecule has 416 valence electrons. The highest BCUT2D eigenvalue weighted by Crippen LogP contribution is 2.43. The van der Waals surface area contributed by atoms with Crippen LogP contribution in [0.4, 0.5) is 4.79 Å². The predicted octanol–water partition coefficient (Wildman–Crippen LogP) is 13.5. The Bertz CT molecular complexity index is 1890. The zero-order valence-electron chi connectivity index (χ0n) is 50.0. The molecule has 12 atom stereocenters. The van der Waals surface area contributed by atoms with Crippen molar-refractivity contribution in [2.75, 3.05) is 20.8 Å². The van der Waals surface area contributed by atoms with Crippen LogP contribution in [0.2, 0.25) is 54.4 Å². The second kappa shape index (κ2) is 28.1. The number of nitrogens with zero attached hydrogens (tertiary/aromatic N) is 1. The number of aliphatic hydroxyl groups excluding tert-OH is 1. The molecule has 0 fully saturated rings. The molecule has 0 aliphatic rings. The summed E-state index contributed by atoms with van der Waals surface area (Å²) in [6.07, 6.45) is 3.04.